The molecule has 0 spiro atoms. The monoisotopic (exact) mass is 1420 g/mol. The molecule has 0 fully saturated rings. The average molecular weight is 1440 g/mol. The first-order valence-electron chi connectivity index (χ1n) is 12.6. The third-order valence-corrected chi connectivity index (χ3v) is 23.2. The Bertz CT molecular complexity index is 1670. The summed E-state index contributed by atoms with van der Waals surface area (Å²) >= 11 is 42.3. The molecule has 1 aromatic heterocycles. The fraction of sp³-hybridized carbons (Fsp3) is 0.222. The van der Waals surface area contributed by atoms with Gasteiger partial charge in [-0.15, -0.1) is 0 Å². The van der Waals surface area contributed by atoms with E-state index < -0.39 is 26.8 Å². The number of rotatable bonds is 12. The van der Waals surface area contributed by atoms with Gasteiger partial charge in [0.1, 0.15) is 9.70 Å². The van der Waals surface area contributed by atoms with E-state index in [0.717, 1.165) is 16.7 Å². The van der Waals surface area contributed by atoms with E-state index in [1.54, 1.807) is 72.8 Å². The summed E-state index contributed by atoms with van der Waals surface area (Å²) in [5, 5.41) is 0. The van der Waals surface area contributed by atoms with Gasteiger partial charge < -0.3 is 14.5 Å². The predicted octanol–water partition coefficient (Wildman–Crippen LogP) is 10.9. The molecule has 0 N–H and O–H groups in total. The summed E-state index contributed by atoms with van der Waals surface area (Å²) in [5.41, 5.74) is -1.30. The highest BCUT2D eigenvalue weighted by molar-refractivity contribution is 9.30. The van der Waals surface area contributed by atoms with Crippen molar-refractivity contribution in [1.82, 2.24) is 14.2 Å². The van der Waals surface area contributed by atoms with E-state index in [1.165, 1.54) is 0 Å². The molecule has 4 aromatic rings. The molecule has 258 valence electrons. The van der Waals surface area contributed by atoms with Crippen LogP contribution >= 0.6 is 191 Å². The molecule has 3 aromatic carbocycles. The first kappa shape index (κ1) is 42.0. The van der Waals surface area contributed by atoms with Gasteiger partial charge >= 0.3 is 17.1 Å². The Morgan fingerprint density at radius 3 is 0.750 bits per heavy atom. The smallest absolute Gasteiger partial charge is 0.366 e. The topological polar surface area (TPSA) is 93.7 Å². The van der Waals surface area contributed by atoms with Crippen molar-refractivity contribution >= 4 is 191 Å². The van der Waals surface area contributed by atoms with Gasteiger partial charge in [0.05, 0.1) is 11.2 Å². The Balaban J connectivity index is 1.79. The number of hydrogen-bond acceptors (Lipinski definition) is 6. The molecule has 9 nitrogen and oxygen atoms in total. The second-order valence-corrected chi connectivity index (χ2v) is 29.2. The van der Waals surface area contributed by atoms with Crippen LogP contribution in [0.2, 0.25) is 0 Å². The molecule has 0 atom stereocenters. The van der Waals surface area contributed by atoms with Crippen LogP contribution in [0.3, 0.4) is 0 Å². The minimum Gasteiger partial charge on any atom is -0.366 e. The van der Waals surface area contributed by atoms with Crippen LogP contribution in [0.4, 0.5) is 0 Å². The standard InChI is InChI=1S/C27H15Br12N3O6/c28-19(29)25(34,35)13-1-7-16(8-2-13)46-40-22(43)41(47-17-9-3-14(4-10-17)26(36,37)20(30)31)24(45)42(23(40)44)48-18-11-5-15(6-12-18)27(38,39)21(32)33/h1-12,19-21H. The number of aromatic nitrogens is 3. The molecule has 0 amide bonds. The van der Waals surface area contributed by atoms with Crippen LogP contribution in [0.1, 0.15) is 16.7 Å². The van der Waals surface area contributed by atoms with E-state index in [0.29, 0.717) is 14.2 Å². The maximum Gasteiger partial charge on any atom is 0.404 e. The second kappa shape index (κ2) is 17.1. The van der Waals surface area contributed by atoms with E-state index in [1.807, 2.05) is 0 Å². The van der Waals surface area contributed by atoms with Gasteiger partial charge in [0, 0.05) is 0 Å². The fourth-order valence-electron chi connectivity index (χ4n) is 3.64. The Kier molecular flexibility index (Phi) is 15.0. The van der Waals surface area contributed by atoms with Crippen molar-refractivity contribution in [2.75, 3.05) is 0 Å². The highest BCUT2D eigenvalue weighted by Gasteiger charge is 2.34. The Hall–Kier alpha value is 1.23. The molecule has 48 heavy (non-hydrogen) atoms. The quantitative estimate of drug-likeness (QED) is 0.131. The molecule has 0 saturated heterocycles. The van der Waals surface area contributed by atoms with Crippen molar-refractivity contribution in [3.63, 3.8) is 0 Å². The van der Waals surface area contributed by atoms with Gasteiger partial charge in [0.25, 0.3) is 0 Å². The lowest BCUT2D eigenvalue weighted by atomic mass is 10.2. The molecular weight excluding hydrogens is 1420 g/mol. The summed E-state index contributed by atoms with van der Waals surface area (Å²) in [6.45, 7) is 0. The summed E-state index contributed by atoms with van der Waals surface area (Å²) in [6, 6.07) is 19.5. The number of nitrogens with zero attached hydrogens (tertiary/aromatic N) is 3. The van der Waals surface area contributed by atoms with E-state index in [2.05, 4.69) is 191 Å². The van der Waals surface area contributed by atoms with E-state index in [-0.39, 0.29) is 28.5 Å². The molecule has 0 radical (unpaired) electrons. The van der Waals surface area contributed by atoms with Crippen LogP contribution in [-0.4, -0.2) is 25.4 Å². The summed E-state index contributed by atoms with van der Waals surface area (Å²) in [6.07, 6.45) is 0. The minimum atomic E-state index is -1.22. The van der Waals surface area contributed by atoms with Gasteiger partial charge in [-0.05, 0) is 53.1 Å². The van der Waals surface area contributed by atoms with E-state index in [4.69, 9.17) is 14.5 Å². The molecule has 0 aliphatic rings. The maximum absolute atomic E-state index is 13.6. The Morgan fingerprint density at radius 1 is 0.396 bits per heavy atom. The zero-order valence-corrected chi connectivity index (χ0v) is 42.0. The summed E-state index contributed by atoms with van der Waals surface area (Å²) in [4.78, 5) is 58.0. The van der Waals surface area contributed by atoms with Gasteiger partial charge in [-0.1, -0.05) is 242 Å². The van der Waals surface area contributed by atoms with Crippen molar-refractivity contribution in [2.45, 2.75) is 20.9 Å². The van der Waals surface area contributed by atoms with Crippen molar-refractivity contribution < 1.29 is 14.5 Å². The molecule has 1 heterocycles. The normalized spacial score (nSPS) is 12.6. The lowest BCUT2D eigenvalue weighted by molar-refractivity contribution is 0.0655. The van der Waals surface area contributed by atoms with Crippen molar-refractivity contribution in [1.29, 1.82) is 0 Å². The molecule has 0 bridgehead atoms. The van der Waals surface area contributed by atoms with Crippen LogP contribution in [-0.2, 0) is 9.70 Å². The third-order valence-electron chi connectivity index (χ3n) is 6.17. The molecule has 21 heteroatoms. The first-order chi connectivity index (χ1) is 22.3. The van der Waals surface area contributed by atoms with Crippen LogP contribution in [0.5, 0.6) is 17.2 Å². The SMILES string of the molecule is O=c1n(Oc2ccc(C(Br)(Br)C(Br)Br)cc2)c(=O)n(Oc2ccc(C(Br)(Br)C(Br)Br)cc2)c(=O)n1Oc1ccc(C(Br)(Br)C(Br)Br)cc1. The van der Waals surface area contributed by atoms with Crippen LogP contribution in [0.15, 0.2) is 87.2 Å². The highest BCUT2D eigenvalue weighted by atomic mass is 79.9. The van der Waals surface area contributed by atoms with Crippen molar-refractivity contribution in [3.8, 4) is 17.2 Å². The van der Waals surface area contributed by atoms with Gasteiger partial charge in [-0.2, -0.15) is 0 Å². The maximum atomic E-state index is 13.6. The zero-order valence-electron chi connectivity index (χ0n) is 23.0. The van der Waals surface area contributed by atoms with Gasteiger partial charge in [-0.3, -0.25) is 0 Å². The highest BCUT2D eigenvalue weighted by Crippen LogP contribution is 2.49. The molecule has 0 aliphatic heterocycles. The predicted molar refractivity (Wildman–Crippen MR) is 230 cm³/mol. The number of benzene rings is 3. The van der Waals surface area contributed by atoms with E-state index in [9.17, 15) is 14.4 Å². The third kappa shape index (κ3) is 9.47. The molecule has 0 unspecified atom stereocenters. The molecule has 4 rings (SSSR count). The van der Waals surface area contributed by atoms with Crippen molar-refractivity contribution in [3.05, 3.63) is 121 Å². The lowest BCUT2D eigenvalue weighted by Crippen LogP contribution is -2.58. The van der Waals surface area contributed by atoms with E-state index >= 15 is 0 Å². The zero-order chi connectivity index (χ0) is 35.8. The van der Waals surface area contributed by atoms with Crippen LogP contribution in [0, 0.1) is 0 Å². The molecular formula is C27H15Br12N3O6. The molecule has 0 saturated carbocycles. The summed E-state index contributed by atoms with van der Waals surface area (Å²) < 4.78 is -1.54. The van der Waals surface area contributed by atoms with Crippen LogP contribution < -0.4 is 31.6 Å². The minimum absolute atomic E-state index is 0.107. The summed E-state index contributed by atoms with van der Waals surface area (Å²) in [7, 11) is 0. The van der Waals surface area contributed by atoms with Crippen molar-refractivity contribution in [2.24, 2.45) is 0 Å². The van der Waals surface area contributed by atoms with Gasteiger partial charge in [0.15, 0.2) is 17.2 Å². The Labute approximate surface area is 373 Å². The average Bonchev–Trinajstić information content (AvgIpc) is 3.04. The Morgan fingerprint density at radius 2 is 0.583 bits per heavy atom. The number of halogens is 12. The molecule has 0 aliphatic carbocycles. The van der Waals surface area contributed by atoms with Gasteiger partial charge in [0.2, 0.25) is 0 Å². The van der Waals surface area contributed by atoms with Crippen LogP contribution in [0.25, 0.3) is 0 Å². The second-order valence-electron chi connectivity index (χ2n) is 9.35. The largest absolute Gasteiger partial charge is 0.404 e. The lowest BCUT2D eigenvalue weighted by Gasteiger charge is -2.23. The van der Waals surface area contributed by atoms with Gasteiger partial charge in [-0.25, -0.2) is 14.4 Å². The number of hydrogen-bond donors (Lipinski definition) is 0. The fourth-order valence-corrected chi connectivity index (χ4v) is 6.81. The summed E-state index contributed by atoms with van der Waals surface area (Å²) in [5.74, 6) is 0.320. The first-order valence-corrected chi connectivity index (χ1v) is 22.9. The number of alkyl halides is 12.